The topological polar surface area (TPSA) is 63.0 Å². The number of hydrogen-bond acceptors (Lipinski definition) is 5. The zero-order valence-corrected chi connectivity index (χ0v) is 11.6. The fraction of sp³-hybridized carbons (Fsp3) is 0.429. The van der Waals surface area contributed by atoms with Crippen LogP contribution in [0.25, 0.3) is 0 Å². The molecule has 5 nitrogen and oxygen atoms in total. The molecule has 1 aromatic heterocycles. The summed E-state index contributed by atoms with van der Waals surface area (Å²) in [6.07, 6.45) is 0. The summed E-state index contributed by atoms with van der Waals surface area (Å²) >= 11 is 0. The Labute approximate surface area is 113 Å². The molecule has 0 spiro atoms. The van der Waals surface area contributed by atoms with Gasteiger partial charge in [-0.15, -0.1) is 5.10 Å². The molecule has 0 amide bonds. The van der Waals surface area contributed by atoms with Gasteiger partial charge in [0, 0.05) is 6.04 Å². The van der Waals surface area contributed by atoms with E-state index in [2.05, 4.69) is 53.7 Å². The van der Waals surface area contributed by atoms with E-state index >= 15 is 0 Å². The molecule has 102 valence electrons. The first-order chi connectivity index (χ1) is 9.15. The summed E-state index contributed by atoms with van der Waals surface area (Å²) in [5.41, 5.74) is 1.18. The van der Waals surface area contributed by atoms with Gasteiger partial charge in [-0.2, -0.15) is 0 Å². The first kappa shape index (κ1) is 13.5. The number of anilines is 1. The average Bonchev–Trinajstić information content (AvgIpc) is 2.85. The van der Waals surface area contributed by atoms with Gasteiger partial charge in [-0.3, -0.25) is 0 Å². The summed E-state index contributed by atoms with van der Waals surface area (Å²) in [5.74, 6) is 0.594. The Bertz CT molecular complexity index is 495. The van der Waals surface area contributed by atoms with E-state index in [4.69, 9.17) is 4.42 Å². The summed E-state index contributed by atoms with van der Waals surface area (Å²) in [7, 11) is 0. The number of nitrogens with one attached hydrogen (secondary N) is 2. The molecule has 2 aromatic rings. The predicted molar refractivity (Wildman–Crippen MR) is 74.8 cm³/mol. The molecule has 2 rings (SSSR count). The lowest BCUT2D eigenvalue weighted by atomic mass is 10.1. The average molecular weight is 260 g/mol. The highest BCUT2D eigenvalue weighted by Crippen LogP contribution is 2.17. The van der Waals surface area contributed by atoms with Crippen LogP contribution in [0.5, 0.6) is 0 Å². The van der Waals surface area contributed by atoms with Gasteiger partial charge in [0.15, 0.2) is 0 Å². The number of rotatable bonds is 6. The number of hydrogen-bond donors (Lipinski definition) is 2. The van der Waals surface area contributed by atoms with Gasteiger partial charge in [0.05, 0.1) is 12.6 Å². The van der Waals surface area contributed by atoms with Crippen LogP contribution in [0.2, 0.25) is 0 Å². The Kier molecular flexibility index (Phi) is 4.52. The molecular formula is C14H20N4O. The standard InChI is InChI=1S/C14H20N4O/c1-10(2)15-9-13-17-18-14(19-13)16-11(3)12-7-5-4-6-8-12/h4-8,10-11,15H,9H2,1-3H3,(H,16,18). The minimum absolute atomic E-state index is 0.132. The molecule has 0 radical (unpaired) electrons. The lowest BCUT2D eigenvalue weighted by Crippen LogP contribution is -2.21. The molecule has 5 heteroatoms. The highest BCUT2D eigenvalue weighted by atomic mass is 16.4. The molecule has 1 heterocycles. The molecular weight excluding hydrogens is 240 g/mol. The third-order valence-electron chi connectivity index (χ3n) is 2.77. The Balaban J connectivity index is 1.93. The Hall–Kier alpha value is -1.88. The fourth-order valence-corrected chi connectivity index (χ4v) is 1.69. The van der Waals surface area contributed by atoms with E-state index in [1.165, 1.54) is 5.56 Å². The van der Waals surface area contributed by atoms with Gasteiger partial charge in [0.25, 0.3) is 0 Å². The molecule has 0 saturated carbocycles. The van der Waals surface area contributed by atoms with Gasteiger partial charge in [0.1, 0.15) is 0 Å². The summed E-state index contributed by atoms with van der Waals surface area (Å²) in [5, 5.41) is 14.4. The van der Waals surface area contributed by atoms with E-state index < -0.39 is 0 Å². The van der Waals surface area contributed by atoms with Gasteiger partial charge in [0.2, 0.25) is 5.89 Å². The quantitative estimate of drug-likeness (QED) is 0.836. The van der Waals surface area contributed by atoms with E-state index in [0.29, 0.717) is 24.5 Å². The van der Waals surface area contributed by atoms with E-state index in [1.807, 2.05) is 18.2 Å². The van der Waals surface area contributed by atoms with Crippen LogP contribution in [0.15, 0.2) is 34.7 Å². The van der Waals surface area contributed by atoms with Gasteiger partial charge in [-0.05, 0) is 12.5 Å². The molecule has 0 aliphatic heterocycles. The predicted octanol–water partition coefficient (Wildman–Crippen LogP) is 2.74. The van der Waals surface area contributed by atoms with Crippen LogP contribution >= 0.6 is 0 Å². The molecule has 1 unspecified atom stereocenters. The minimum Gasteiger partial charge on any atom is -0.407 e. The lowest BCUT2D eigenvalue weighted by molar-refractivity contribution is 0.456. The zero-order valence-electron chi connectivity index (χ0n) is 11.6. The van der Waals surface area contributed by atoms with Crippen molar-refractivity contribution in [3.05, 3.63) is 41.8 Å². The van der Waals surface area contributed by atoms with E-state index in [9.17, 15) is 0 Å². The van der Waals surface area contributed by atoms with Gasteiger partial charge < -0.3 is 15.1 Å². The van der Waals surface area contributed by atoms with Gasteiger partial charge in [-0.25, -0.2) is 0 Å². The second-order valence-electron chi connectivity index (χ2n) is 4.81. The van der Waals surface area contributed by atoms with E-state index in [0.717, 1.165) is 0 Å². The van der Waals surface area contributed by atoms with E-state index in [1.54, 1.807) is 0 Å². The van der Waals surface area contributed by atoms with Crippen LogP contribution in [0, 0.1) is 0 Å². The van der Waals surface area contributed by atoms with Crippen LogP contribution in [-0.2, 0) is 6.54 Å². The Morgan fingerprint density at radius 3 is 2.53 bits per heavy atom. The van der Waals surface area contributed by atoms with Crippen molar-refractivity contribution in [1.82, 2.24) is 15.5 Å². The molecule has 19 heavy (non-hydrogen) atoms. The SMILES string of the molecule is CC(C)NCc1nnc(NC(C)c2ccccc2)o1. The van der Waals surface area contributed by atoms with Gasteiger partial charge >= 0.3 is 6.01 Å². The summed E-state index contributed by atoms with van der Waals surface area (Å²) in [6, 6.07) is 11.1. The van der Waals surface area contributed by atoms with Crippen molar-refractivity contribution in [2.24, 2.45) is 0 Å². The highest BCUT2D eigenvalue weighted by Gasteiger charge is 2.10. The van der Waals surface area contributed by atoms with Crippen LogP contribution in [0.4, 0.5) is 6.01 Å². The van der Waals surface area contributed by atoms with Crippen LogP contribution in [0.3, 0.4) is 0 Å². The van der Waals surface area contributed by atoms with Crippen molar-refractivity contribution in [3.8, 4) is 0 Å². The van der Waals surface area contributed by atoms with Crippen LogP contribution in [-0.4, -0.2) is 16.2 Å². The molecule has 0 saturated heterocycles. The zero-order chi connectivity index (χ0) is 13.7. The smallest absolute Gasteiger partial charge is 0.315 e. The number of nitrogens with zero attached hydrogens (tertiary/aromatic N) is 2. The van der Waals surface area contributed by atoms with Crippen molar-refractivity contribution < 1.29 is 4.42 Å². The molecule has 1 aromatic carbocycles. The summed E-state index contributed by atoms with van der Waals surface area (Å²) in [4.78, 5) is 0. The molecule has 2 N–H and O–H groups in total. The second-order valence-corrected chi connectivity index (χ2v) is 4.81. The normalized spacial score (nSPS) is 12.6. The molecule has 0 aliphatic carbocycles. The lowest BCUT2D eigenvalue weighted by Gasteiger charge is -2.11. The molecule has 0 fully saturated rings. The highest BCUT2D eigenvalue weighted by molar-refractivity contribution is 5.28. The number of benzene rings is 1. The Morgan fingerprint density at radius 1 is 1.11 bits per heavy atom. The monoisotopic (exact) mass is 260 g/mol. The third-order valence-corrected chi connectivity index (χ3v) is 2.77. The minimum atomic E-state index is 0.132. The van der Waals surface area contributed by atoms with Crippen LogP contribution < -0.4 is 10.6 Å². The summed E-state index contributed by atoms with van der Waals surface area (Å²) in [6.45, 7) is 6.80. The van der Waals surface area contributed by atoms with Gasteiger partial charge in [-0.1, -0.05) is 49.3 Å². The van der Waals surface area contributed by atoms with Crippen molar-refractivity contribution in [2.75, 3.05) is 5.32 Å². The Morgan fingerprint density at radius 2 is 1.84 bits per heavy atom. The van der Waals surface area contributed by atoms with Crippen molar-refractivity contribution >= 4 is 6.01 Å². The maximum absolute atomic E-state index is 5.53. The maximum atomic E-state index is 5.53. The first-order valence-corrected chi connectivity index (χ1v) is 6.52. The molecule has 0 bridgehead atoms. The van der Waals surface area contributed by atoms with Crippen LogP contribution in [0.1, 0.15) is 38.3 Å². The summed E-state index contributed by atoms with van der Waals surface area (Å²) < 4.78 is 5.53. The molecule has 1 atom stereocenters. The van der Waals surface area contributed by atoms with Crippen molar-refractivity contribution in [2.45, 2.75) is 39.4 Å². The largest absolute Gasteiger partial charge is 0.407 e. The van der Waals surface area contributed by atoms with Crippen molar-refractivity contribution in [3.63, 3.8) is 0 Å². The number of aromatic nitrogens is 2. The maximum Gasteiger partial charge on any atom is 0.315 e. The fourth-order valence-electron chi connectivity index (χ4n) is 1.69. The molecule has 0 aliphatic rings. The second kappa shape index (κ2) is 6.33. The van der Waals surface area contributed by atoms with E-state index in [-0.39, 0.29) is 6.04 Å². The third kappa shape index (κ3) is 4.06. The van der Waals surface area contributed by atoms with Crippen molar-refractivity contribution in [1.29, 1.82) is 0 Å². The first-order valence-electron chi connectivity index (χ1n) is 6.52.